The second-order valence-electron chi connectivity index (χ2n) is 4.32. The molecule has 0 aromatic heterocycles. The van der Waals surface area contributed by atoms with Crippen LogP contribution in [0, 0.1) is 0 Å². The number of benzene rings is 1. The van der Waals surface area contributed by atoms with Gasteiger partial charge in [0.05, 0.1) is 7.11 Å². The van der Waals surface area contributed by atoms with Crippen molar-refractivity contribution in [1.29, 1.82) is 0 Å². The Morgan fingerprint density at radius 3 is 2.41 bits per heavy atom. The molecular weight excluding hydrogens is 214 g/mol. The minimum Gasteiger partial charge on any atom is -0.497 e. The van der Waals surface area contributed by atoms with Gasteiger partial charge in [-0.3, -0.25) is 0 Å². The van der Waals surface area contributed by atoms with E-state index in [9.17, 15) is 0 Å². The van der Waals surface area contributed by atoms with Gasteiger partial charge in [0.2, 0.25) is 0 Å². The molecule has 0 radical (unpaired) electrons. The third-order valence-electron chi connectivity index (χ3n) is 2.70. The summed E-state index contributed by atoms with van der Waals surface area (Å²) in [7, 11) is 5.80. The number of hydrogen-bond donors (Lipinski definition) is 2. The van der Waals surface area contributed by atoms with Gasteiger partial charge in [-0.15, -0.1) is 0 Å². The van der Waals surface area contributed by atoms with Gasteiger partial charge in [0.25, 0.3) is 0 Å². The molecule has 0 amide bonds. The second-order valence-corrected chi connectivity index (χ2v) is 4.32. The molecule has 3 N–H and O–H groups in total. The van der Waals surface area contributed by atoms with Crippen LogP contribution >= 0.6 is 0 Å². The van der Waals surface area contributed by atoms with Crippen molar-refractivity contribution in [3.8, 4) is 5.75 Å². The first-order valence-electron chi connectivity index (χ1n) is 5.89. The Morgan fingerprint density at radius 1 is 1.29 bits per heavy atom. The van der Waals surface area contributed by atoms with Gasteiger partial charge in [-0.25, -0.2) is 0 Å². The van der Waals surface area contributed by atoms with Gasteiger partial charge < -0.3 is 20.7 Å². The van der Waals surface area contributed by atoms with E-state index in [1.54, 1.807) is 7.11 Å². The summed E-state index contributed by atoms with van der Waals surface area (Å²) in [4.78, 5) is 2.15. The third kappa shape index (κ3) is 4.73. The molecule has 17 heavy (non-hydrogen) atoms. The van der Waals surface area contributed by atoms with Gasteiger partial charge >= 0.3 is 0 Å². The number of nitrogens with one attached hydrogen (secondary N) is 1. The van der Waals surface area contributed by atoms with Crippen LogP contribution in [0.5, 0.6) is 5.75 Å². The summed E-state index contributed by atoms with van der Waals surface area (Å²) in [5.41, 5.74) is 6.99. The molecule has 1 aromatic rings. The fraction of sp³-hybridized carbons (Fsp3) is 0.538. The van der Waals surface area contributed by atoms with E-state index in [1.165, 1.54) is 5.56 Å². The van der Waals surface area contributed by atoms with Crippen molar-refractivity contribution < 1.29 is 4.74 Å². The van der Waals surface area contributed by atoms with E-state index in [1.807, 2.05) is 12.1 Å². The van der Waals surface area contributed by atoms with Crippen molar-refractivity contribution in [3.63, 3.8) is 0 Å². The van der Waals surface area contributed by atoms with Crippen LogP contribution < -0.4 is 15.8 Å². The molecular formula is C13H23N3O. The Balaban J connectivity index is 2.53. The van der Waals surface area contributed by atoms with Crippen molar-refractivity contribution in [3.05, 3.63) is 29.8 Å². The quantitative estimate of drug-likeness (QED) is 0.738. The molecule has 0 aliphatic rings. The molecule has 1 aromatic carbocycles. The molecule has 0 aliphatic carbocycles. The van der Waals surface area contributed by atoms with Crippen molar-refractivity contribution >= 4 is 0 Å². The maximum absolute atomic E-state index is 5.78. The molecule has 1 atom stereocenters. The molecule has 0 aliphatic heterocycles. The fourth-order valence-corrected chi connectivity index (χ4v) is 1.64. The molecule has 0 spiro atoms. The molecule has 0 fully saturated rings. The van der Waals surface area contributed by atoms with Crippen LogP contribution in [0.1, 0.15) is 11.6 Å². The van der Waals surface area contributed by atoms with E-state index in [4.69, 9.17) is 10.5 Å². The smallest absolute Gasteiger partial charge is 0.118 e. The average Bonchev–Trinajstić information content (AvgIpc) is 2.34. The molecule has 1 unspecified atom stereocenters. The minimum atomic E-state index is 0.209. The largest absolute Gasteiger partial charge is 0.497 e. The first kappa shape index (κ1) is 14.0. The third-order valence-corrected chi connectivity index (χ3v) is 2.70. The van der Waals surface area contributed by atoms with Gasteiger partial charge in [0.1, 0.15) is 5.75 Å². The lowest BCUT2D eigenvalue weighted by Crippen LogP contribution is -2.33. The van der Waals surface area contributed by atoms with Crippen molar-refractivity contribution in [2.24, 2.45) is 5.73 Å². The summed E-state index contributed by atoms with van der Waals surface area (Å²) in [5, 5.41) is 3.45. The summed E-state index contributed by atoms with van der Waals surface area (Å²) in [5.74, 6) is 0.873. The zero-order valence-corrected chi connectivity index (χ0v) is 10.9. The lowest BCUT2D eigenvalue weighted by Gasteiger charge is -2.19. The van der Waals surface area contributed by atoms with Crippen LogP contribution in [0.3, 0.4) is 0 Å². The van der Waals surface area contributed by atoms with Gasteiger partial charge in [-0.05, 0) is 31.8 Å². The number of likely N-dealkylation sites (N-methyl/N-ethyl adjacent to an activating group) is 1. The predicted octanol–water partition coefficient (Wildman–Crippen LogP) is 0.846. The lowest BCUT2D eigenvalue weighted by molar-refractivity contribution is 0.385. The van der Waals surface area contributed by atoms with Gasteiger partial charge in [-0.1, -0.05) is 12.1 Å². The summed E-state index contributed by atoms with van der Waals surface area (Å²) in [6.45, 7) is 2.54. The van der Waals surface area contributed by atoms with Crippen LogP contribution in [0.2, 0.25) is 0 Å². The second kappa shape index (κ2) is 7.27. The Kier molecular flexibility index (Phi) is 5.97. The molecule has 0 saturated heterocycles. The topological polar surface area (TPSA) is 50.5 Å². The lowest BCUT2D eigenvalue weighted by atomic mass is 10.1. The molecule has 0 saturated carbocycles. The maximum Gasteiger partial charge on any atom is 0.118 e. The Morgan fingerprint density at radius 2 is 1.94 bits per heavy atom. The van der Waals surface area contributed by atoms with E-state index in [0.717, 1.165) is 18.8 Å². The summed E-state index contributed by atoms with van der Waals surface area (Å²) in [6.07, 6.45) is 0. The first-order valence-corrected chi connectivity index (χ1v) is 5.89. The highest BCUT2D eigenvalue weighted by Crippen LogP contribution is 2.16. The zero-order valence-electron chi connectivity index (χ0n) is 10.9. The van der Waals surface area contributed by atoms with Gasteiger partial charge in [0.15, 0.2) is 0 Å². The first-order chi connectivity index (χ1) is 8.17. The van der Waals surface area contributed by atoms with E-state index in [0.29, 0.717) is 6.54 Å². The number of rotatable bonds is 7. The molecule has 4 nitrogen and oxygen atoms in total. The summed E-state index contributed by atoms with van der Waals surface area (Å²) >= 11 is 0. The fourth-order valence-electron chi connectivity index (χ4n) is 1.64. The number of hydrogen-bond acceptors (Lipinski definition) is 4. The van der Waals surface area contributed by atoms with Crippen LogP contribution in [-0.4, -0.2) is 45.7 Å². The summed E-state index contributed by atoms with van der Waals surface area (Å²) < 4.78 is 5.14. The van der Waals surface area contributed by atoms with E-state index < -0.39 is 0 Å². The van der Waals surface area contributed by atoms with Crippen molar-refractivity contribution in [2.45, 2.75) is 6.04 Å². The highest BCUT2D eigenvalue weighted by Gasteiger charge is 2.08. The normalized spacial score (nSPS) is 12.8. The molecule has 0 heterocycles. The van der Waals surface area contributed by atoms with E-state index in [2.05, 4.69) is 36.4 Å². The summed E-state index contributed by atoms with van der Waals surface area (Å²) in [6, 6.07) is 8.25. The van der Waals surface area contributed by atoms with Crippen molar-refractivity contribution in [2.75, 3.05) is 40.8 Å². The predicted molar refractivity (Wildman–Crippen MR) is 71.3 cm³/mol. The van der Waals surface area contributed by atoms with E-state index >= 15 is 0 Å². The average molecular weight is 237 g/mol. The van der Waals surface area contributed by atoms with Crippen LogP contribution in [-0.2, 0) is 0 Å². The Hall–Kier alpha value is -1.10. The number of nitrogens with zero attached hydrogens (tertiary/aromatic N) is 1. The number of nitrogens with two attached hydrogens (primary N) is 1. The molecule has 4 heteroatoms. The Bertz CT molecular complexity index is 311. The number of methoxy groups -OCH3 is 1. The van der Waals surface area contributed by atoms with E-state index in [-0.39, 0.29) is 6.04 Å². The monoisotopic (exact) mass is 237 g/mol. The maximum atomic E-state index is 5.78. The SMILES string of the molecule is COc1ccc(C(CN)NCCN(C)C)cc1. The Labute approximate surface area is 104 Å². The standard InChI is InChI=1S/C13H23N3O/c1-16(2)9-8-15-13(10-14)11-4-6-12(17-3)7-5-11/h4-7,13,15H,8-10,14H2,1-3H3. The van der Waals surface area contributed by atoms with Gasteiger partial charge in [0, 0.05) is 25.7 Å². The van der Waals surface area contributed by atoms with Crippen LogP contribution in [0.4, 0.5) is 0 Å². The molecule has 0 bridgehead atoms. The van der Waals surface area contributed by atoms with Crippen LogP contribution in [0.15, 0.2) is 24.3 Å². The van der Waals surface area contributed by atoms with Crippen LogP contribution in [0.25, 0.3) is 0 Å². The molecule has 1 rings (SSSR count). The van der Waals surface area contributed by atoms with Gasteiger partial charge in [-0.2, -0.15) is 0 Å². The minimum absolute atomic E-state index is 0.209. The number of ether oxygens (including phenoxy) is 1. The molecule has 96 valence electrons. The van der Waals surface area contributed by atoms with Crippen molar-refractivity contribution in [1.82, 2.24) is 10.2 Å². The highest BCUT2D eigenvalue weighted by atomic mass is 16.5. The zero-order chi connectivity index (χ0) is 12.7. The highest BCUT2D eigenvalue weighted by molar-refractivity contribution is 5.29.